The number of hydrogen-bond acceptors (Lipinski definition) is 4. The molecule has 0 saturated carbocycles. The van der Waals surface area contributed by atoms with E-state index in [0.717, 1.165) is 25.2 Å². The van der Waals surface area contributed by atoms with Gasteiger partial charge in [-0.15, -0.1) is 0 Å². The number of imidazole rings is 1. The Balaban J connectivity index is 1.93. The molecule has 6 nitrogen and oxygen atoms in total. The molecule has 3 rings (SSSR count). The standard InChI is InChI=1S/C17H23N3O3S/c1-2-20-11-10-18-17(20)16(14-8-12-23-13-9-14)19-24(21,22)15-6-4-3-5-7-15/h3-7,10-11,14,16,19H,2,8-9,12-13H2,1H3. The van der Waals surface area contributed by atoms with Gasteiger partial charge >= 0.3 is 0 Å². The molecule has 1 aliphatic rings. The Kier molecular flexibility index (Phi) is 5.33. The number of hydrogen-bond donors (Lipinski definition) is 1. The molecule has 0 amide bonds. The number of ether oxygens (including phenoxy) is 1. The molecule has 1 aromatic heterocycles. The van der Waals surface area contributed by atoms with Crippen LogP contribution in [-0.4, -0.2) is 31.2 Å². The van der Waals surface area contributed by atoms with Gasteiger partial charge in [-0.05, 0) is 37.8 Å². The maximum atomic E-state index is 12.8. The highest BCUT2D eigenvalue weighted by Gasteiger charge is 2.32. The maximum Gasteiger partial charge on any atom is 0.241 e. The first kappa shape index (κ1) is 17.1. The molecule has 2 heterocycles. The summed E-state index contributed by atoms with van der Waals surface area (Å²) in [6.07, 6.45) is 5.25. The summed E-state index contributed by atoms with van der Waals surface area (Å²) >= 11 is 0. The molecule has 2 aromatic rings. The molecule has 130 valence electrons. The van der Waals surface area contributed by atoms with Gasteiger partial charge in [-0.1, -0.05) is 18.2 Å². The molecule has 0 spiro atoms. The van der Waals surface area contributed by atoms with Crippen molar-refractivity contribution in [2.45, 2.75) is 37.2 Å². The second-order valence-electron chi connectivity index (χ2n) is 5.93. The Labute approximate surface area is 142 Å². The largest absolute Gasteiger partial charge is 0.381 e. The second kappa shape index (κ2) is 7.46. The van der Waals surface area contributed by atoms with Crippen molar-refractivity contribution in [2.24, 2.45) is 5.92 Å². The number of aryl methyl sites for hydroxylation is 1. The lowest BCUT2D eigenvalue weighted by molar-refractivity contribution is 0.0550. The van der Waals surface area contributed by atoms with Crippen molar-refractivity contribution in [1.29, 1.82) is 0 Å². The predicted octanol–water partition coefficient (Wildman–Crippen LogP) is 2.35. The molecule has 7 heteroatoms. The molecule has 0 aliphatic carbocycles. The van der Waals surface area contributed by atoms with E-state index < -0.39 is 10.0 Å². The topological polar surface area (TPSA) is 73.2 Å². The molecule has 1 fully saturated rings. The monoisotopic (exact) mass is 349 g/mol. The van der Waals surface area contributed by atoms with Crippen molar-refractivity contribution in [3.8, 4) is 0 Å². The Bertz CT molecular complexity index is 752. The number of sulfonamides is 1. The van der Waals surface area contributed by atoms with Crippen LogP contribution in [-0.2, 0) is 21.3 Å². The average molecular weight is 349 g/mol. The fourth-order valence-electron chi connectivity index (χ4n) is 3.11. The van der Waals surface area contributed by atoms with Crippen LogP contribution in [0.5, 0.6) is 0 Å². The number of nitrogens with zero attached hydrogens (tertiary/aromatic N) is 2. The quantitative estimate of drug-likeness (QED) is 0.869. The highest BCUT2D eigenvalue weighted by molar-refractivity contribution is 7.89. The second-order valence-corrected chi connectivity index (χ2v) is 7.65. The zero-order valence-electron chi connectivity index (χ0n) is 13.8. The lowest BCUT2D eigenvalue weighted by Crippen LogP contribution is -2.37. The van der Waals surface area contributed by atoms with Gasteiger partial charge in [-0.25, -0.2) is 18.1 Å². The normalized spacial score (nSPS) is 17.7. The third-order valence-electron chi connectivity index (χ3n) is 4.44. The molecule has 1 unspecified atom stereocenters. The summed E-state index contributed by atoms with van der Waals surface area (Å²) in [5.74, 6) is 0.939. The minimum Gasteiger partial charge on any atom is -0.381 e. The van der Waals surface area contributed by atoms with E-state index in [4.69, 9.17) is 4.74 Å². The fourth-order valence-corrected chi connectivity index (χ4v) is 4.39. The number of aromatic nitrogens is 2. The number of benzene rings is 1. The molecule has 0 bridgehead atoms. The third kappa shape index (κ3) is 3.68. The van der Waals surface area contributed by atoms with Crippen LogP contribution in [0.2, 0.25) is 0 Å². The van der Waals surface area contributed by atoms with E-state index in [9.17, 15) is 8.42 Å². The average Bonchev–Trinajstić information content (AvgIpc) is 3.10. The lowest BCUT2D eigenvalue weighted by atomic mass is 9.92. The lowest BCUT2D eigenvalue weighted by Gasteiger charge is -2.30. The summed E-state index contributed by atoms with van der Waals surface area (Å²) in [7, 11) is -3.60. The van der Waals surface area contributed by atoms with Gasteiger partial charge in [-0.3, -0.25) is 0 Å². The summed E-state index contributed by atoms with van der Waals surface area (Å²) in [4.78, 5) is 4.71. The van der Waals surface area contributed by atoms with Crippen molar-refractivity contribution in [2.75, 3.05) is 13.2 Å². The SMILES string of the molecule is CCn1ccnc1C(NS(=O)(=O)c1ccccc1)C1CCOCC1. The number of nitrogens with one attached hydrogen (secondary N) is 1. The van der Waals surface area contributed by atoms with Gasteiger partial charge in [0.15, 0.2) is 0 Å². The predicted molar refractivity (Wildman–Crippen MR) is 90.9 cm³/mol. The summed E-state index contributed by atoms with van der Waals surface area (Å²) in [5, 5.41) is 0. The van der Waals surface area contributed by atoms with Crippen molar-refractivity contribution < 1.29 is 13.2 Å². The Morgan fingerprint density at radius 1 is 1.29 bits per heavy atom. The summed E-state index contributed by atoms with van der Waals surface area (Å²) in [6, 6.07) is 8.12. The van der Waals surface area contributed by atoms with Crippen LogP contribution in [0.15, 0.2) is 47.6 Å². The summed E-state index contributed by atoms with van der Waals surface area (Å²) in [5.41, 5.74) is 0. The van der Waals surface area contributed by atoms with E-state index in [-0.39, 0.29) is 16.9 Å². The van der Waals surface area contributed by atoms with Gasteiger partial charge in [0.05, 0.1) is 10.9 Å². The first-order valence-electron chi connectivity index (χ1n) is 8.28. The summed E-state index contributed by atoms with van der Waals surface area (Å²) < 4.78 is 35.9. The molecular weight excluding hydrogens is 326 g/mol. The highest BCUT2D eigenvalue weighted by Crippen LogP contribution is 2.31. The van der Waals surface area contributed by atoms with Crippen LogP contribution in [0.3, 0.4) is 0 Å². The van der Waals surface area contributed by atoms with E-state index in [2.05, 4.69) is 9.71 Å². The minimum atomic E-state index is -3.60. The van der Waals surface area contributed by atoms with Crippen LogP contribution < -0.4 is 4.72 Å². The fraction of sp³-hybridized carbons (Fsp3) is 0.471. The smallest absolute Gasteiger partial charge is 0.241 e. The summed E-state index contributed by atoms with van der Waals surface area (Å²) in [6.45, 7) is 4.09. The maximum absolute atomic E-state index is 12.8. The molecule has 1 aliphatic heterocycles. The van der Waals surface area contributed by atoms with Crippen LogP contribution >= 0.6 is 0 Å². The van der Waals surface area contributed by atoms with Gasteiger partial charge in [0.25, 0.3) is 0 Å². The molecule has 24 heavy (non-hydrogen) atoms. The highest BCUT2D eigenvalue weighted by atomic mass is 32.2. The first-order valence-corrected chi connectivity index (χ1v) is 9.76. The van der Waals surface area contributed by atoms with Gasteiger partial charge in [0, 0.05) is 32.2 Å². The van der Waals surface area contributed by atoms with Crippen LogP contribution in [0.1, 0.15) is 31.6 Å². The van der Waals surface area contributed by atoms with Gasteiger partial charge in [0.2, 0.25) is 10.0 Å². The van der Waals surface area contributed by atoms with E-state index in [1.54, 1.807) is 36.5 Å². The van der Waals surface area contributed by atoms with Gasteiger partial charge < -0.3 is 9.30 Å². The van der Waals surface area contributed by atoms with E-state index >= 15 is 0 Å². The van der Waals surface area contributed by atoms with Crippen molar-refractivity contribution >= 4 is 10.0 Å². The van der Waals surface area contributed by atoms with Crippen molar-refractivity contribution in [3.63, 3.8) is 0 Å². The van der Waals surface area contributed by atoms with Crippen LogP contribution in [0, 0.1) is 5.92 Å². The van der Waals surface area contributed by atoms with E-state index in [0.29, 0.717) is 13.2 Å². The van der Waals surface area contributed by atoms with E-state index in [1.165, 1.54) is 0 Å². The van der Waals surface area contributed by atoms with Gasteiger partial charge in [0.1, 0.15) is 5.82 Å². The zero-order valence-corrected chi connectivity index (χ0v) is 14.6. The molecule has 1 aromatic carbocycles. The number of rotatable bonds is 6. The molecule has 1 atom stereocenters. The van der Waals surface area contributed by atoms with Crippen molar-refractivity contribution in [1.82, 2.24) is 14.3 Å². The molecule has 1 saturated heterocycles. The van der Waals surface area contributed by atoms with E-state index in [1.807, 2.05) is 17.7 Å². The van der Waals surface area contributed by atoms with Crippen LogP contribution in [0.25, 0.3) is 0 Å². The Hall–Kier alpha value is -1.70. The zero-order chi connectivity index (χ0) is 17.0. The molecule has 1 N–H and O–H groups in total. The first-order chi connectivity index (χ1) is 11.6. The van der Waals surface area contributed by atoms with Crippen molar-refractivity contribution in [3.05, 3.63) is 48.5 Å². The third-order valence-corrected chi connectivity index (χ3v) is 5.90. The van der Waals surface area contributed by atoms with Gasteiger partial charge in [-0.2, -0.15) is 0 Å². The molecule has 0 radical (unpaired) electrons. The van der Waals surface area contributed by atoms with Crippen LogP contribution in [0.4, 0.5) is 0 Å². The minimum absolute atomic E-state index is 0.171. The molecular formula is C17H23N3O3S. The Morgan fingerprint density at radius 3 is 2.67 bits per heavy atom. The Morgan fingerprint density at radius 2 is 2.00 bits per heavy atom.